The summed E-state index contributed by atoms with van der Waals surface area (Å²) < 4.78 is 32.2. The minimum absolute atomic E-state index is 0.0311. The lowest BCUT2D eigenvalue weighted by Crippen LogP contribution is -2.11. The van der Waals surface area contributed by atoms with Gasteiger partial charge in [0.1, 0.15) is 17.9 Å². The molecule has 0 amide bonds. The molecule has 3 aromatic rings. The first kappa shape index (κ1) is 21.1. The van der Waals surface area contributed by atoms with Crippen molar-refractivity contribution >= 4 is 26.7 Å². The standard InChI is InChI=1S/C19H26N6O3S/c1-3-28-13-15-24-16-17(14(2)12-23-18(16)20)25(15)10-5-4-6-11-29(26,27)19-21-8-7-9-22-19/h7-9,12H,3-6,10-11,13H2,1-2H3,(H2,20,23). The summed E-state index contributed by atoms with van der Waals surface area (Å²) in [6, 6.07) is 1.60. The number of ether oxygens (including phenoxy) is 1. The fourth-order valence-electron chi connectivity index (χ4n) is 3.19. The second-order valence-electron chi connectivity index (χ2n) is 6.75. The number of imidazole rings is 1. The van der Waals surface area contributed by atoms with E-state index in [2.05, 4.69) is 24.5 Å². The zero-order valence-corrected chi connectivity index (χ0v) is 17.5. The molecule has 0 aliphatic heterocycles. The van der Waals surface area contributed by atoms with Crippen LogP contribution in [0.25, 0.3) is 11.0 Å². The van der Waals surface area contributed by atoms with Crippen LogP contribution in [0.4, 0.5) is 5.82 Å². The topological polar surface area (TPSA) is 126 Å². The maximum absolute atomic E-state index is 12.3. The number of anilines is 1. The van der Waals surface area contributed by atoms with Crippen molar-refractivity contribution in [2.45, 2.75) is 51.4 Å². The highest BCUT2D eigenvalue weighted by Crippen LogP contribution is 2.24. The molecular weight excluding hydrogens is 392 g/mol. The quantitative estimate of drug-likeness (QED) is 0.392. The molecule has 3 aromatic heterocycles. The van der Waals surface area contributed by atoms with Gasteiger partial charge in [0.15, 0.2) is 5.82 Å². The molecular formula is C19H26N6O3S. The summed E-state index contributed by atoms with van der Waals surface area (Å²) in [6.45, 7) is 5.60. The predicted octanol–water partition coefficient (Wildman–Crippen LogP) is 2.29. The molecule has 156 valence electrons. The number of unbranched alkanes of at least 4 members (excludes halogenated alkanes) is 2. The Bertz CT molecular complexity index is 1070. The Kier molecular flexibility index (Phi) is 6.75. The molecule has 29 heavy (non-hydrogen) atoms. The maximum atomic E-state index is 12.3. The Morgan fingerprint density at radius 3 is 2.62 bits per heavy atom. The van der Waals surface area contributed by atoms with Gasteiger partial charge in [-0.1, -0.05) is 6.42 Å². The van der Waals surface area contributed by atoms with Crippen LogP contribution in [0, 0.1) is 6.92 Å². The van der Waals surface area contributed by atoms with Crippen LogP contribution < -0.4 is 5.73 Å². The fourth-order valence-corrected chi connectivity index (χ4v) is 4.40. The van der Waals surface area contributed by atoms with Crippen molar-refractivity contribution in [1.29, 1.82) is 0 Å². The third kappa shape index (κ3) is 4.88. The summed E-state index contributed by atoms with van der Waals surface area (Å²) in [5.74, 6) is 1.23. The van der Waals surface area contributed by atoms with Crippen molar-refractivity contribution in [2.75, 3.05) is 18.1 Å². The first-order valence-corrected chi connectivity index (χ1v) is 11.3. The van der Waals surface area contributed by atoms with E-state index in [-0.39, 0.29) is 10.9 Å². The number of hydrogen-bond acceptors (Lipinski definition) is 8. The third-order valence-corrected chi connectivity index (χ3v) is 6.20. The molecule has 0 aliphatic carbocycles. The van der Waals surface area contributed by atoms with E-state index in [1.54, 1.807) is 12.3 Å². The maximum Gasteiger partial charge on any atom is 0.246 e. The molecule has 0 fully saturated rings. The number of aryl methyl sites for hydroxylation is 2. The van der Waals surface area contributed by atoms with E-state index in [1.807, 2.05) is 13.8 Å². The summed E-state index contributed by atoms with van der Waals surface area (Å²) >= 11 is 0. The second-order valence-corrected chi connectivity index (χ2v) is 8.75. The molecule has 0 radical (unpaired) electrons. The fraction of sp³-hybridized carbons (Fsp3) is 0.474. The van der Waals surface area contributed by atoms with Gasteiger partial charge in [0.25, 0.3) is 0 Å². The van der Waals surface area contributed by atoms with Crippen molar-refractivity contribution in [3.63, 3.8) is 0 Å². The van der Waals surface area contributed by atoms with E-state index in [1.165, 1.54) is 12.4 Å². The van der Waals surface area contributed by atoms with Crippen molar-refractivity contribution < 1.29 is 13.2 Å². The van der Waals surface area contributed by atoms with Gasteiger partial charge in [-0.3, -0.25) is 0 Å². The van der Waals surface area contributed by atoms with Crippen molar-refractivity contribution in [2.24, 2.45) is 0 Å². The molecule has 10 heteroatoms. The highest BCUT2D eigenvalue weighted by molar-refractivity contribution is 7.91. The van der Waals surface area contributed by atoms with E-state index in [9.17, 15) is 8.42 Å². The number of aromatic nitrogens is 5. The number of hydrogen-bond donors (Lipinski definition) is 1. The molecule has 0 bridgehead atoms. The number of rotatable bonds is 10. The van der Waals surface area contributed by atoms with Gasteiger partial charge in [0.05, 0.1) is 11.3 Å². The minimum atomic E-state index is -3.45. The van der Waals surface area contributed by atoms with E-state index < -0.39 is 9.84 Å². The van der Waals surface area contributed by atoms with Crippen LogP contribution in [0.15, 0.2) is 29.8 Å². The van der Waals surface area contributed by atoms with E-state index >= 15 is 0 Å². The summed E-state index contributed by atoms with van der Waals surface area (Å²) in [6.07, 6.45) is 6.71. The van der Waals surface area contributed by atoms with Gasteiger partial charge < -0.3 is 15.0 Å². The number of nitrogens with zero attached hydrogens (tertiary/aromatic N) is 5. The number of nitrogens with two attached hydrogens (primary N) is 1. The first-order valence-electron chi connectivity index (χ1n) is 9.61. The van der Waals surface area contributed by atoms with Crippen molar-refractivity contribution in [1.82, 2.24) is 24.5 Å². The highest BCUT2D eigenvalue weighted by atomic mass is 32.2. The average Bonchev–Trinajstić information content (AvgIpc) is 3.09. The lowest BCUT2D eigenvalue weighted by Gasteiger charge is -2.11. The number of fused-ring (bicyclic) bond motifs is 1. The highest BCUT2D eigenvalue weighted by Gasteiger charge is 2.18. The lowest BCUT2D eigenvalue weighted by atomic mass is 10.2. The molecule has 0 saturated heterocycles. The molecule has 9 nitrogen and oxygen atoms in total. The summed E-state index contributed by atoms with van der Waals surface area (Å²) in [5, 5.41) is -0.113. The summed E-state index contributed by atoms with van der Waals surface area (Å²) in [7, 11) is -3.45. The summed E-state index contributed by atoms with van der Waals surface area (Å²) in [4.78, 5) is 16.5. The van der Waals surface area contributed by atoms with Gasteiger partial charge in [-0.15, -0.1) is 0 Å². The largest absolute Gasteiger partial charge is 0.382 e. The zero-order valence-electron chi connectivity index (χ0n) is 16.7. The molecule has 0 aromatic carbocycles. The monoisotopic (exact) mass is 418 g/mol. The van der Waals surface area contributed by atoms with E-state index in [0.717, 1.165) is 29.7 Å². The average molecular weight is 419 g/mol. The van der Waals surface area contributed by atoms with E-state index in [0.29, 0.717) is 37.5 Å². The Hall–Kier alpha value is -2.59. The Morgan fingerprint density at radius 1 is 1.14 bits per heavy atom. The van der Waals surface area contributed by atoms with Gasteiger partial charge >= 0.3 is 0 Å². The summed E-state index contributed by atoms with van der Waals surface area (Å²) in [5.41, 5.74) is 8.64. The smallest absolute Gasteiger partial charge is 0.246 e. The molecule has 0 atom stereocenters. The zero-order chi connectivity index (χ0) is 20.9. The Morgan fingerprint density at radius 2 is 1.90 bits per heavy atom. The van der Waals surface area contributed by atoms with Crippen LogP contribution >= 0.6 is 0 Å². The Balaban J connectivity index is 1.66. The molecule has 0 unspecified atom stereocenters. The van der Waals surface area contributed by atoms with Crippen molar-refractivity contribution in [3.8, 4) is 0 Å². The van der Waals surface area contributed by atoms with Crippen LogP contribution in [0.2, 0.25) is 0 Å². The molecule has 2 N–H and O–H groups in total. The van der Waals surface area contributed by atoms with Crippen LogP contribution in [0.1, 0.15) is 37.6 Å². The van der Waals surface area contributed by atoms with Gasteiger partial charge in [0, 0.05) is 31.7 Å². The van der Waals surface area contributed by atoms with Crippen LogP contribution in [0.5, 0.6) is 0 Å². The van der Waals surface area contributed by atoms with Gasteiger partial charge in [-0.2, -0.15) is 0 Å². The lowest BCUT2D eigenvalue weighted by molar-refractivity contribution is 0.126. The van der Waals surface area contributed by atoms with Crippen molar-refractivity contribution in [3.05, 3.63) is 36.0 Å². The van der Waals surface area contributed by atoms with E-state index in [4.69, 9.17) is 10.5 Å². The normalized spacial score (nSPS) is 11.9. The second kappa shape index (κ2) is 9.27. The molecule has 3 heterocycles. The molecule has 0 spiro atoms. The van der Waals surface area contributed by atoms with Gasteiger partial charge in [0.2, 0.25) is 15.0 Å². The number of sulfone groups is 1. The van der Waals surface area contributed by atoms with Crippen LogP contribution in [0.3, 0.4) is 0 Å². The molecule has 0 aliphatic rings. The van der Waals surface area contributed by atoms with Gasteiger partial charge in [-0.25, -0.2) is 28.4 Å². The SMILES string of the molecule is CCOCc1nc2c(N)ncc(C)c2n1CCCCCS(=O)(=O)c1ncccn1. The molecule has 0 saturated carbocycles. The van der Waals surface area contributed by atoms with Crippen LogP contribution in [-0.2, 0) is 27.7 Å². The number of pyridine rings is 1. The number of nitrogen functional groups attached to an aromatic ring is 1. The van der Waals surface area contributed by atoms with Crippen LogP contribution in [-0.4, -0.2) is 45.3 Å². The van der Waals surface area contributed by atoms with Gasteiger partial charge in [-0.05, 0) is 38.3 Å². The first-order chi connectivity index (χ1) is 13.9. The minimum Gasteiger partial charge on any atom is -0.382 e. The third-order valence-electron chi connectivity index (χ3n) is 4.61. The predicted molar refractivity (Wildman–Crippen MR) is 110 cm³/mol. The molecule has 3 rings (SSSR count). The Labute approximate surface area is 170 Å².